The third-order valence-electron chi connectivity index (χ3n) is 3.40. The van der Waals surface area contributed by atoms with Crippen molar-refractivity contribution in [1.29, 1.82) is 0 Å². The summed E-state index contributed by atoms with van der Waals surface area (Å²) in [4.78, 5) is 0. The number of benzene rings is 1. The quantitative estimate of drug-likeness (QED) is 0.793. The second-order valence-electron chi connectivity index (χ2n) is 4.86. The molecular weight excluding hydrogens is 326 g/mol. The van der Waals surface area contributed by atoms with E-state index in [-0.39, 0.29) is 6.04 Å². The van der Waals surface area contributed by atoms with E-state index in [1.165, 1.54) is 0 Å². The lowest BCUT2D eigenvalue weighted by molar-refractivity contribution is -0.127. The fourth-order valence-electron chi connectivity index (χ4n) is 2.17. The predicted octanol–water partition coefficient (Wildman–Crippen LogP) is 4.19. The van der Waals surface area contributed by atoms with E-state index in [1.54, 1.807) is 0 Å². The van der Waals surface area contributed by atoms with Crippen LogP contribution in [0.15, 0.2) is 28.7 Å². The van der Waals surface area contributed by atoms with E-state index >= 15 is 0 Å². The fraction of sp³-hybridized carbons (Fsp3) is 0.538. The first-order valence-corrected chi connectivity index (χ1v) is 6.82. The molecule has 1 aromatic rings. The summed E-state index contributed by atoms with van der Waals surface area (Å²) in [5.41, 5.74) is 1.15. The first kappa shape index (κ1) is 14.8. The van der Waals surface area contributed by atoms with Gasteiger partial charge in [0.2, 0.25) is 0 Å². The smallest absolute Gasteiger partial charge is 0.308 e. The van der Waals surface area contributed by atoms with Crippen LogP contribution in [0.3, 0.4) is 0 Å². The van der Waals surface area contributed by atoms with Gasteiger partial charge in [0.05, 0.1) is 6.54 Å². The summed E-state index contributed by atoms with van der Waals surface area (Å²) in [7, 11) is 0. The van der Waals surface area contributed by atoms with E-state index < -0.39 is 18.9 Å². The van der Waals surface area contributed by atoms with Gasteiger partial charge in [0.15, 0.2) is 0 Å². The van der Waals surface area contributed by atoms with Crippen LogP contribution in [0.2, 0.25) is 0 Å². The van der Waals surface area contributed by atoms with Crippen molar-refractivity contribution >= 4 is 15.9 Å². The molecule has 0 spiro atoms. The summed E-state index contributed by atoms with van der Waals surface area (Å²) in [5.74, 6) is -3.63. The van der Waals surface area contributed by atoms with Gasteiger partial charge in [0.25, 0.3) is 0 Å². The van der Waals surface area contributed by atoms with Crippen molar-refractivity contribution in [2.45, 2.75) is 37.1 Å². The molecule has 0 amide bonds. The highest BCUT2D eigenvalue weighted by molar-refractivity contribution is 9.10. The molecule has 2 rings (SSSR count). The van der Waals surface area contributed by atoms with Gasteiger partial charge in [0, 0.05) is 10.5 Å². The zero-order valence-electron chi connectivity index (χ0n) is 10.1. The number of alkyl halides is 4. The molecule has 0 atom stereocenters. The number of hydrogen-bond acceptors (Lipinski definition) is 1. The average Bonchev–Trinajstić information content (AvgIpc) is 2.26. The molecule has 1 N–H and O–H groups in total. The Labute approximate surface area is 117 Å². The topological polar surface area (TPSA) is 12.0 Å². The van der Waals surface area contributed by atoms with Crippen LogP contribution < -0.4 is 5.32 Å². The van der Waals surface area contributed by atoms with Crippen LogP contribution in [0, 0.1) is 0 Å². The molecule has 0 aliphatic heterocycles. The molecule has 1 aromatic carbocycles. The van der Waals surface area contributed by atoms with Crippen molar-refractivity contribution in [3.8, 4) is 0 Å². The molecule has 0 radical (unpaired) electrons. The molecule has 0 aromatic heterocycles. The standard InChI is InChI=1S/C13H14BrF4N/c14-10-3-1-2-8(4-10)9-5-11(6-9)19-7-13(17,18)12(15)16/h1-4,9,11-12,19H,5-7H2. The molecule has 0 unspecified atom stereocenters. The minimum atomic E-state index is -3.94. The Kier molecular flexibility index (Phi) is 4.50. The van der Waals surface area contributed by atoms with Crippen LogP contribution in [0.25, 0.3) is 0 Å². The van der Waals surface area contributed by atoms with E-state index in [9.17, 15) is 17.6 Å². The summed E-state index contributed by atoms with van der Waals surface area (Å²) < 4.78 is 50.4. The van der Waals surface area contributed by atoms with Gasteiger partial charge in [-0.1, -0.05) is 28.1 Å². The summed E-state index contributed by atoms with van der Waals surface area (Å²) in [6.45, 7) is -0.958. The zero-order chi connectivity index (χ0) is 14.0. The lowest BCUT2D eigenvalue weighted by Crippen LogP contribution is -2.47. The predicted molar refractivity (Wildman–Crippen MR) is 68.9 cm³/mol. The van der Waals surface area contributed by atoms with Gasteiger partial charge in [-0.25, -0.2) is 8.78 Å². The molecular formula is C13H14BrF4N. The van der Waals surface area contributed by atoms with Gasteiger partial charge in [-0.3, -0.25) is 0 Å². The summed E-state index contributed by atoms with van der Waals surface area (Å²) in [6, 6.07) is 7.72. The molecule has 0 bridgehead atoms. The van der Waals surface area contributed by atoms with Gasteiger partial charge in [0.1, 0.15) is 0 Å². The molecule has 1 saturated carbocycles. The van der Waals surface area contributed by atoms with Crippen molar-refractivity contribution in [2.24, 2.45) is 0 Å². The minimum absolute atomic E-state index is 0.103. The number of nitrogens with one attached hydrogen (secondary N) is 1. The third-order valence-corrected chi connectivity index (χ3v) is 3.90. The maximum Gasteiger partial charge on any atom is 0.319 e. The highest BCUT2D eigenvalue weighted by atomic mass is 79.9. The number of rotatable bonds is 5. The van der Waals surface area contributed by atoms with Crippen LogP contribution >= 0.6 is 15.9 Å². The Morgan fingerprint density at radius 3 is 2.58 bits per heavy atom. The third kappa shape index (κ3) is 3.69. The van der Waals surface area contributed by atoms with Crippen LogP contribution in [0.1, 0.15) is 24.3 Å². The maximum absolute atomic E-state index is 12.7. The number of hydrogen-bond donors (Lipinski definition) is 1. The molecule has 0 heterocycles. The first-order valence-electron chi connectivity index (χ1n) is 6.03. The van der Waals surface area contributed by atoms with E-state index in [2.05, 4.69) is 21.2 Å². The fourth-order valence-corrected chi connectivity index (χ4v) is 2.59. The van der Waals surface area contributed by atoms with Crippen LogP contribution in [0.5, 0.6) is 0 Å². The first-order chi connectivity index (χ1) is 8.88. The van der Waals surface area contributed by atoms with Gasteiger partial charge in [-0.2, -0.15) is 8.78 Å². The lowest BCUT2D eigenvalue weighted by atomic mass is 9.76. The van der Waals surface area contributed by atoms with E-state index in [0.717, 1.165) is 10.0 Å². The van der Waals surface area contributed by atoms with Crippen molar-refractivity contribution in [1.82, 2.24) is 5.32 Å². The monoisotopic (exact) mass is 339 g/mol. The van der Waals surface area contributed by atoms with Crippen molar-refractivity contribution in [3.63, 3.8) is 0 Å². The molecule has 1 fully saturated rings. The van der Waals surface area contributed by atoms with Gasteiger partial charge in [-0.15, -0.1) is 0 Å². The van der Waals surface area contributed by atoms with E-state index in [1.807, 2.05) is 24.3 Å². The van der Waals surface area contributed by atoms with Gasteiger partial charge < -0.3 is 5.32 Å². The molecule has 19 heavy (non-hydrogen) atoms. The van der Waals surface area contributed by atoms with Crippen molar-refractivity contribution in [3.05, 3.63) is 34.3 Å². The van der Waals surface area contributed by atoms with E-state index in [4.69, 9.17) is 0 Å². The van der Waals surface area contributed by atoms with Gasteiger partial charge >= 0.3 is 12.3 Å². The molecule has 1 nitrogen and oxygen atoms in total. The Bertz CT molecular complexity index is 432. The minimum Gasteiger partial charge on any atom is -0.308 e. The van der Waals surface area contributed by atoms with Crippen LogP contribution in [0.4, 0.5) is 17.6 Å². The Morgan fingerprint density at radius 2 is 2.00 bits per heavy atom. The SMILES string of the molecule is FC(F)C(F)(F)CNC1CC(c2cccc(Br)c2)C1. The molecule has 6 heteroatoms. The largest absolute Gasteiger partial charge is 0.319 e. The Morgan fingerprint density at radius 1 is 1.32 bits per heavy atom. The van der Waals surface area contributed by atoms with Gasteiger partial charge in [-0.05, 0) is 36.5 Å². The summed E-state index contributed by atoms with van der Waals surface area (Å²) in [5, 5.41) is 2.51. The normalized spacial score (nSPS) is 23.5. The second kappa shape index (κ2) is 5.79. The van der Waals surface area contributed by atoms with Crippen LogP contribution in [-0.4, -0.2) is 24.9 Å². The van der Waals surface area contributed by atoms with Crippen molar-refractivity contribution in [2.75, 3.05) is 6.54 Å². The Hall–Kier alpha value is -0.620. The van der Waals surface area contributed by atoms with Crippen molar-refractivity contribution < 1.29 is 17.6 Å². The maximum atomic E-state index is 12.7. The highest BCUT2D eigenvalue weighted by Crippen LogP contribution is 2.38. The zero-order valence-corrected chi connectivity index (χ0v) is 11.6. The molecule has 0 saturated heterocycles. The van der Waals surface area contributed by atoms with E-state index in [0.29, 0.717) is 18.8 Å². The summed E-state index contributed by atoms with van der Waals surface area (Å²) >= 11 is 3.37. The number of halogens is 5. The highest BCUT2D eigenvalue weighted by Gasteiger charge is 2.42. The summed E-state index contributed by atoms with van der Waals surface area (Å²) in [6.07, 6.45) is -2.20. The lowest BCUT2D eigenvalue weighted by Gasteiger charge is -2.37. The second-order valence-corrected chi connectivity index (χ2v) is 5.78. The van der Waals surface area contributed by atoms with Crippen LogP contribution in [-0.2, 0) is 0 Å². The molecule has 1 aliphatic rings. The Balaban J connectivity index is 1.78. The molecule has 1 aliphatic carbocycles. The molecule has 106 valence electrons. The average molecular weight is 340 g/mol.